The second kappa shape index (κ2) is 13.8. The molecule has 156 valence electrons. The number of esters is 1. The number of unbranched alkanes of at least 4 members (excludes halogenated alkanes) is 13. The molecule has 0 N–H and O–H groups in total. The molecule has 28 heavy (non-hydrogen) atoms. The van der Waals surface area contributed by atoms with Gasteiger partial charge in [0, 0.05) is 12.0 Å². The zero-order valence-electron chi connectivity index (χ0n) is 17.1. The maximum atomic E-state index is 11.5. The molecule has 0 fully saturated rings. The van der Waals surface area contributed by atoms with Gasteiger partial charge in [0.2, 0.25) is 0 Å². The number of fused-ring (bicyclic) bond motifs is 1. The SMILES string of the molecule is O=CCCCCCCCCCCCCCCCc1ccc2c(c1Cl)COC2=O. The van der Waals surface area contributed by atoms with Gasteiger partial charge >= 0.3 is 5.97 Å². The van der Waals surface area contributed by atoms with Crippen molar-refractivity contribution in [2.45, 2.75) is 103 Å². The van der Waals surface area contributed by atoms with Crippen LogP contribution in [0.4, 0.5) is 0 Å². The van der Waals surface area contributed by atoms with Crippen molar-refractivity contribution in [1.29, 1.82) is 0 Å². The Morgan fingerprint density at radius 2 is 1.36 bits per heavy atom. The van der Waals surface area contributed by atoms with Gasteiger partial charge in [-0.1, -0.05) is 88.3 Å². The van der Waals surface area contributed by atoms with Crippen LogP contribution in [0.1, 0.15) is 111 Å². The van der Waals surface area contributed by atoms with Gasteiger partial charge in [-0.15, -0.1) is 0 Å². The molecule has 4 heteroatoms. The first kappa shape index (κ1) is 22.9. The Kier molecular flexibility index (Phi) is 11.3. The van der Waals surface area contributed by atoms with Crippen molar-refractivity contribution in [1.82, 2.24) is 0 Å². The fraction of sp³-hybridized carbons (Fsp3) is 0.667. The topological polar surface area (TPSA) is 43.4 Å². The number of halogens is 1. The fourth-order valence-corrected chi connectivity index (χ4v) is 4.21. The molecule has 0 atom stereocenters. The van der Waals surface area contributed by atoms with Crippen molar-refractivity contribution in [3.63, 3.8) is 0 Å². The molecule has 1 aliphatic heterocycles. The van der Waals surface area contributed by atoms with Gasteiger partial charge in [0.15, 0.2) is 0 Å². The lowest BCUT2D eigenvalue weighted by atomic mass is 10.00. The van der Waals surface area contributed by atoms with Gasteiger partial charge < -0.3 is 9.53 Å². The van der Waals surface area contributed by atoms with E-state index in [-0.39, 0.29) is 5.97 Å². The van der Waals surface area contributed by atoms with Crippen molar-refractivity contribution in [3.05, 3.63) is 33.8 Å². The minimum absolute atomic E-state index is 0.252. The Hall–Kier alpha value is -1.35. The number of ether oxygens (including phenoxy) is 1. The van der Waals surface area contributed by atoms with E-state index in [1.807, 2.05) is 12.1 Å². The highest BCUT2D eigenvalue weighted by Crippen LogP contribution is 2.31. The van der Waals surface area contributed by atoms with Crippen LogP contribution in [0.15, 0.2) is 12.1 Å². The third-order valence-electron chi connectivity index (χ3n) is 5.66. The summed E-state index contributed by atoms with van der Waals surface area (Å²) in [5, 5.41) is 0.729. The van der Waals surface area contributed by atoms with Crippen molar-refractivity contribution in [3.8, 4) is 0 Å². The maximum absolute atomic E-state index is 11.5. The standard InChI is InChI=1S/C24H35ClO3/c25-23-20(16-17-21-22(23)19-28-24(21)27)15-13-11-9-7-5-3-1-2-4-6-8-10-12-14-18-26/h16-18H,1-15,19H2. The van der Waals surface area contributed by atoms with E-state index >= 15 is 0 Å². The average molecular weight is 407 g/mol. The highest BCUT2D eigenvalue weighted by molar-refractivity contribution is 6.32. The zero-order chi connectivity index (χ0) is 20.0. The van der Waals surface area contributed by atoms with E-state index in [2.05, 4.69) is 0 Å². The molecule has 0 saturated heterocycles. The fourth-order valence-electron chi connectivity index (χ4n) is 3.90. The van der Waals surface area contributed by atoms with Crippen molar-refractivity contribution < 1.29 is 14.3 Å². The van der Waals surface area contributed by atoms with E-state index in [0.29, 0.717) is 12.2 Å². The molecular weight excluding hydrogens is 372 g/mol. The molecule has 0 radical (unpaired) electrons. The summed E-state index contributed by atoms with van der Waals surface area (Å²) in [6.07, 6.45) is 19.4. The molecule has 1 aromatic carbocycles. The predicted molar refractivity (Wildman–Crippen MR) is 115 cm³/mol. The molecule has 0 saturated carbocycles. The zero-order valence-corrected chi connectivity index (χ0v) is 17.9. The molecule has 0 unspecified atom stereocenters. The first-order chi connectivity index (χ1) is 13.7. The summed E-state index contributed by atoms with van der Waals surface area (Å²) >= 11 is 6.44. The summed E-state index contributed by atoms with van der Waals surface area (Å²) in [5.74, 6) is -0.252. The summed E-state index contributed by atoms with van der Waals surface area (Å²) in [6.45, 7) is 0.320. The average Bonchev–Trinajstić information content (AvgIpc) is 3.08. The lowest BCUT2D eigenvalue weighted by Crippen LogP contribution is -1.96. The Balaban J connectivity index is 1.41. The van der Waals surface area contributed by atoms with Gasteiger partial charge in [-0.3, -0.25) is 0 Å². The van der Waals surface area contributed by atoms with E-state index in [9.17, 15) is 9.59 Å². The van der Waals surface area contributed by atoms with E-state index < -0.39 is 0 Å². The third-order valence-corrected chi connectivity index (χ3v) is 6.13. The molecule has 1 heterocycles. The molecule has 2 rings (SSSR count). The Morgan fingerprint density at radius 1 is 0.821 bits per heavy atom. The molecule has 1 aliphatic rings. The molecule has 0 aromatic heterocycles. The quantitative estimate of drug-likeness (QED) is 0.165. The summed E-state index contributed by atoms with van der Waals surface area (Å²) in [6, 6.07) is 3.84. The third kappa shape index (κ3) is 7.95. The highest BCUT2D eigenvalue weighted by atomic mass is 35.5. The van der Waals surface area contributed by atoms with Crippen LogP contribution in [0.2, 0.25) is 5.02 Å². The first-order valence-electron chi connectivity index (χ1n) is 11.1. The van der Waals surface area contributed by atoms with Crippen LogP contribution in [-0.2, 0) is 22.6 Å². The molecule has 0 amide bonds. The summed E-state index contributed by atoms with van der Waals surface area (Å²) in [4.78, 5) is 21.8. The number of cyclic esters (lactones) is 1. The van der Waals surface area contributed by atoms with Crippen LogP contribution in [0.25, 0.3) is 0 Å². The van der Waals surface area contributed by atoms with E-state index in [1.54, 1.807) is 0 Å². The molecule has 0 bridgehead atoms. The van der Waals surface area contributed by atoms with E-state index in [0.717, 1.165) is 48.1 Å². The number of aldehydes is 1. The van der Waals surface area contributed by atoms with Crippen molar-refractivity contribution in [2.24, 2.45) is 0 Å². The van der Waals surface area contributed by atoms with Gasteiger partial charge in [0.25, 0.3) is 0 Å². The minimum Gasteiger partial charge on any atom is -0.457 e. The normalized spacial score (nSPS) is 12.8. The van der Waals surface area contributed by atoms with Crippen LogP contribution >= 0.6 is 11.6 Å². The summed E-state index contributed by atoms with van der Waals surface area (Å²) in [5.41, 5.74) is 2.64. The number of aryl methyl sites for hydroxylation is 1. The lowest BCUT2D eigenvalue weighted by molar-refractivity contribution is -0.107. The molecule has 0 aliphatic carbocycles. The first-order valence-corrected chi connectivity index (χ1v) is 11.5. The number of carbonyl (C=O) groups excluding carboxylic acids is 2. The molecule has 0 spiro atoms. The van der Waals surface area contributed by atoms with Crippen LogP contribution in [0.3, 0.4) is 0 Å². The minimum atomic E-state index is -0.252. The van der Waals surface area contributed by atoms with Crippen LogP contribution in [0.5, 0.6) is 0 Å². The van der Waals surface area contributed by atoms with Gasteiger partial charge in [-0.05, 0) is 30.9 Å². The van der Waals surface area contributed by atoms with Gasteiger partial charge in [-0.2, -0.15) is 0 Å². The van der Waals surface area contributed by atoms with E-state index in [1.165, 1.54) is 70.6 Å². The second-order valence-electron chi connectivity index (χ2n) is 7.94. The summed E-state index contributed by atoms with van der Waals surface area (Å²) in [7, 11) is 0. The number of hydrogen-bond donors (Lipinski definition) is 0. The number of hydrogen-bond acceptors (Lipinski definition) is 3. The van der Waals surface area contributed by atoms with Crippen LogP contribution < -0.4 is 0 Å². The Labute approximate surface area is 175 Å². The largest absolute Gasteiger partial charge is 0.457 e. The van der Waals surface area contributed by atoms with Gasteiger partial charge in [0.1, 0.15) is 12.9 Å². The van der Waals surface area contributed by atoms with Gasteiger partial charge in [-0.25, -0.2) is 4.79 Å². The predicted octanol–water partition coefficient (Wildman–Crippen LogP) is 7.21. The Morgan fingerprint density at radius 3 is 1.93 bits per heavy atom. The second-order valence-corrected chi connectivity index (χ2v) is 8.32. The summed E-state index contributed by atoms with van der Waals surface area (Å²) < 4.78 is 5.06. The highest BCUT2D eigenvalue weighted by Gasteiger charge is 2.24. The lowest BCUT2D eigenvalue weighted by Gasteiger charge is -2.07. The van der Waals surface area contributed by atoms with Crippen LogP contribution in [-0.4, -0.2) is 12.3 Å². The monoisotopic (exact) mass is 406 g/mol. The van der Waals surface area contributed by atoms with Crippen molar-refractivity contribution in [2.75, 3.05) is 0 Å². The van der Waals surface area contributed by atoms with Gasteiger partial charge in [0.05, 0.1) is 10.6 Å². The number of carbonyl (C=O) groups is 2. The maximum Gasteiger partial charge on any atom is 0.338 e. The number of benzene rings is 1. The van der Waals surface area contributed by atoms with E-state index in [4.69, 9.17) is 16.3 Å². The smallest absolute Gasteiger partial charge is 0.338 e. The van der Waals surface area contributed by atoms with Crippen molar-refractivity contribution >= 4 is 23.9 Å². The Bertz CT molecular complexity index is 612. The molecule has 3 nitrogen and oxygen atoms in total. The molecular formula is C24H35ClO3. The molecule has 1 aromatic rings. The number of rotatable bonds is 16. The van der Waals surface area contributed by atoms with Crippen LogP contribution in [0, 0.1) is 0 Å².